The van der Waals surface area contributed by atoms with Gasteiger partial charge in [-0.3, -0.25) is 9.59 Å². The third-order valence-corrected chi connectivity index (χ3v) is 8.04. The molecule has 0 unspecified atom stereocenters. The van der Waals surface area contributed by atoms with Crippen LogP contribution in [0.25, 0.3) is 11.0 Å². The molecule has 29 heavy (non-hydrogen) atoms. The highest BCUT2D eigenvalue weighted by Gasteiger charge is 2.53. The van der Waals surface area contributed by atoms with Crippen molar-refractivity contribution in [3.8, 4) is 0 Å². The normalized spacial score (nSPS) is 31.2. The molecule has 4 fully saturated rings. The van der Waals surface area contributed by atoms with Crippen LogP contribution in [0.4, 0.5) is 0 Å². The Morgan fingerprint density at radius 1 is 1.21 bits per heavy atom. The quantitative estimate of drug-likeness (QED) is 0.852. The van der Waals surface area contributed by atoms with E-state index in [-0.39, 0.29) is 17.5 Å². The van der Waals surface area contributed by atoms with E-state index in [1.54, 1.807) is 11.5 Å². The van der Waals surface area contributed by atoms with Crippen molar-refractivity contribution < 1.29 is 4.79 Å². The number of aromatic nitrogens is 2. The molecule has 5 nitrogen and oxygen atoms in total. The van der Waals surface area contributed by atoms with Gasteiger partial charge in [0.15, 0.2) is 0 Å². The molecule has 1 aromatic heterocycles. The van der Waals surface area contributed by atoms with Crippen molar-refractivity contribution in [1.29, 1.82) is 0 Å². The largest absolute Gasteiger partial charge is 0.349 e. The van der Waals surface area contributed by atoms with E-state index >= 15 is 0 Å². The van der Waals surface area contributed by atoms with Crippen LogP contribution in [0.2, 0.25) is 0 Å². The van der Waals surface area contributed by atoms with Crippen molar-refractivity contribution in [3.63, 3.8) is 0 Å². The first kappa shape index (κ1) is 18.8. The molecule has 1 atom stereocenters. The highest BCUT2D eigenvalue weighted by Crippen LogP contribution is 2.61. The van der Waals surface area contributed by atoms with Gasteiger partial charge in [0.25, 0.3) is 11.5 Å². The van der Waals surface area contributed by atoms with Crippen LogP contribution in [0, 0.1) is 30.1 Å². The summed E-state index contributed by atoms with van der Waals surface area (Å²) in [6, 6.07) is 5.71. The SMILES string of the molecule is CCn1c(=O)c(C)nc2cc(C(=O)N[C@@H](C)C34CC5CC(CC(C5)C3)C4)ccc21. The van der Waals surface area contributed by atoms with E-state index in [1.165, 1.54) is 38.5 Å². The Kier molecular flexibility index (Phi) is 4.34. The molecule has 4 aliphatic carbocycles. The number of hydrogen-bond acceptors (Lipinski definition) is 3. The standard InChI is InChI=1S/C24H31N3O2/c1-4-27-21-6-5-19(10-20(21)25-14(2)23(27)29)22(28)26-15(3)24-11-16-7-17(12-24)9-18(8-16)13-24/h5-6,10,15-18H,4,7-9,11-13H2,1-3H3,(H,26,28)/t15-,16?,17?,18?,24?/m0/s1. The number of fused-ring (bicyclic) bond motifs is 1. The molecule has 4 saturated carbocycles. The maximum Gasteiger partial charge on any atom is 0.272 e. The molecule has 1 N–H and O–H groups in total. The van der Waals surface area contributed by atoms with Crippen molar-refractivity contribution in [2.75, 3.05) is 0 Å². The number of benzene rings is 1. The highest BCUT2D eigenvalue weighted by molar-refractivity contribution is 5.97. The van der Waals surface area contributed by atoms with Gasteiger partial charge in [0.1, 0.15) is 5.69 Å². The summed E-state index contributed by atoms with van der Waals surface area (Å²) in [7, 11) is 0. The molecule has 4 bridgehead atoms. The van der Waals surface area contributed by atoms with E-state index in [0.29, 0.717) is 28.7 Å². The molecule has 1 aromatic carbocycles. The minimum atomic E-state index is -0.0624. The van der Waals surface area contributed by atoms with Gasteiger partial charge in [0.2, 0.25) is 0 Å². The molecular weight excluding hydrogens is 362 g/mol. The molecule has 2 aromatic rings. The van der Waals surface area contributed by atoms with E-state index in [2.05, 4.69) is 17.2 Å². The van der Waals surface area contributed by atoms with Crippen molar-refractivity contribution in [2.24, 2.45) is 23.2 Å². The van der Waals surface area contributed by atoms with Crippen molar-refractivity contribution in [3.05, 3.63) is 39.8 Å². The third-order valence-electron chi connectivity index (χ3n) is 8.04. The molecule has 5 heteroatoms. The van der Waals surface area contributed by atoms with Crippen LogP contribution >= 0.6 is 0 Å². The van der Waals surface area contributed by atoms with Crippen molar-refractivity contribution >= 4 is 16.9 Å². The lowest BCUT2D eigenvalue weighted by molar-refractivity contribution is -0.0688. The average molecular weight is 394 g/mol. The molecule has 154 valence electrons. The van der Waals surface area contributed by atoms with Gasteiger partial charge in [0.05, 0.1) is 11.0 Å². The summed E-state index contributed by atoms with van der Waals surface area (Å²) in [5.74, 6) is 2.60. The Morgan fingerprint density at radius 3 is 2.41 bits per heavy atom. The summed E-state index contributed by atoms with van der Waals surface area (Å²) < 4.78 is 1.72. The molecule has 0 saturated heterocycles. The van der Waals surface area contributed by atoms with E-state index < -0.39 is 0 Å². The molecular formula is C24H31N3O2. The summed E-state index contributed by atoms with van der Waals surface area (Å²) in [5.41, 5.74) is 2.82. The van der Waals surface area contributed by atoms with Crippen LogP contribution in [0.3, 0.4) is 0 Å². The van der Waals surface area contributed by atoms with Crippen LogP contribution in [0.1, 0.15) is 68.4 Å². The second-order valence-corrected chi connectivity index (χ2v) is 9.93. The smallest absolute Gasteiger partial charge is 0.272 e. The van der Waals surface area contributed by atoms with Gasteiger partial charge in [-0.25, -0.2) is 4.98 Å². The second-order valence-electron chi connectivity index (χ2n) is 9.93. The summed E-state index contributed by atoms with van der Waals surface area (Å²) in [6.07, 6.45) is 8.07. The molecule has 1 amide bonds. The zero-order chi connectivity index (χ0) is 20.3. The number of nitrogens with zero attached hydrogens (tertiary/aromatic N) is 2. The van der Waals surface area contributed by atoms with Crippen LogP contribution < -0.4 is 10.9 Å². The summed E-state index contributed by atoms with van der Waals surface area (Å²) in [4.78, 5) is 29.8. The zero-order valence-corrected chi connectivity index (χ0v) is 17.7. The predicted octanol–water partition coefficient (Wildman–Crippen LogP) is 4.06. The number of carbonyl (C=O) groups excluding carboxylic acids is 1. The summed E-state index contributed by atoms with van der Waals surface area (Å²) in [5, 5.41) is 3.34. The van der Waals surface area contributed by atoms with Gasteiger partial charge >= 0.3 is 0 Å². The van der Waals surface area contributed by atoms with Crippen molar-refractivity contribution in [2.45, 2.75) is 71.9 Å². The van der Waals surface area contributed by atoms with Gasteiger partial charge < -0.3 is 9.88 Å². The minimum Gasteiger partial charge on any atom is -0.349 e. The first-order valence-corrected chi connectivity index (χ1v) is 11.2. The fourth-order valence-electron chi connectivity index (χ4n) is 6.97. The van der Waals surface area contributed by atoms with E-state index in [9.17, 15) is 9.59 Å². The lowest BCUT2D eigenvalue weighted by Gasteiger charge is -2.59. The first-order valence-electron chi connectivity index (χ1n) is 11.2. The fraction of sp³-hybridized carbons (Fsp3) is 0.625. The zero-order valence-electron chi connectivity index (χ0n) is 17.7. The molecule has 0 spiro atoms. The van der Waals surface area contributed by atoms with E-state index in [0.717, 1.165) is 23.3 Å². The van der Waals surface area contributed by atoms with Crippen LogP contribution in [0.15, 0.2) is 23.0 Å². The summed E-state index contributed by atoms with van der Waals surface area (Å²) in [6.45, 7) is 6.49. The predicted molar refractivity (Wildman–Crippen MR) is 114 cm³/mol. The summed E-state index contributed by atoms with van der Waals surface area (Å²) >= 11 is 0. The molecule has 1 heterocycles. The number of carbonyl (C=O) groups is 1. The Morgan fingerprint density at radius 2 is 1.83 bits per heavy atom. The maximum absolute atomic E-state index is 13.1. The van der Waals surface area contributed by atoms with Crippen LogP contribution in [-0.4, -0.2) is 21.5 Å². The van der Waals surface area contributed by atoms with Gasteiger partial charge in [-0.2, -0.15) is 0 Å². The Balaban J connectivity index is 1.40. The van der Waals surface area contributed by atoms with Gasteiger partial charge in [-0.15, -0.1) is 0 Å². The number of rotatable bonds is 4. The van der Waals surface area contributed by atoms with E-state index in [4.69, 9.17) is 0 Å². The Labute approximate surface area is 171 Å². The van der Waals surface area contributed by atoms with E-state index in [1.807, 2.05) is 25.1 Å². The highest BCUT2D eigenvalue weighted by atomic mass is 16.1. The average Bonchev–Trinajstić information content (AvgIpc) is 2.67. The van der Waals surface area contributed by atoms with Gasteiger partial charge in [-0.05, 0) is 101 Å². The first-order chi connectivity index (χ1) is 13.9. The van der Waals surface area contributed by atoms with Crippen LogP contribution in [-0.2, 0) is 6.54 Å². The van der Waals surface area contributed by atoms with Gasteiger partial charge in [0, 0.05) is 18.2 Å². The van der Waals surface area contributed by atoms with Crippen molar-refractivity contribution in [1.82, 2.24) is 14.9 Å². The third kappa shape index (κ3) is 3.01. The number of amides is 1. The molecule has 0 radical (unpaired) electrons. The van der Waals surface area contributed by atoms with Gasteiger partial charge in [-0.1, -0.05) is 0 Å². The lowest BCUT2D eigenvalue weighted by atomic mass is 9.48. The topological polar surface area (TPSA) is 64.0 Å². The lowest BCUT2D eigenvalue weighted by Crippen LogP contribution is -2.55. The number of hydrogen-bond donors (Lipinski definition) is 1. The maximum atomic E-state index is 13.1. The molecule has 4 aliphatic rings. The molecule has 6 rings (SSSR count). The second kappa shape index (κ2) is 6.68. The monoisotopic (exact) mass is 393 g/mol. The fourth-order valence-corrected chi connectivity index (χ4v) is 6.97. The number of aryl methyl sites for hydroxylation is 2. The van der Waals surface area contributed by atoms with Crippen LogP contribution in [0.5, 0.6) is 0 Å². The number of nitrogens with one attached hydrogen (secondary N) is 1. The Hall–Kier alpha value is -2.17. The molecule has 0 aliphatic heterocycles. The Bertz CT molecular complexity index is 1000. The minimum absolute atomic E-state index is 0.0242.